The van der Waals surface area contributed by atoms with Crippen LogP contribution in [-0.2, 0) is 0 Å². The van der Waals surface area contributed by atoms with Crippen LogP contribution < -0.4 is 0 Å². The van der Waals surface area contributed by atoms with Crippen molar-refractivity contribution in [3.8, 4) is 79.2 Å². The van der Waals surface area contributed by atoms with Gasteiger partial charge in [0, 0.05) is 23.5 Å². The lowest BCUT2D eigenvalue weighted by molar-refractivity contribution is 1.31. The first-order valence-corrected chi connectivity index (χ1v) is 16.4. The molecule has 0 spiro atoms. The van der Waals surface area contributed by atoms with Crippen molar-refractivity contribution in [3.05, 3.63) is 181 Å². The monoisotopic (exact) mass is 636 g/mol. The highest BCUT2D eigenvalue weighted by Crippen LogP contribution is 2.51. The second-order valence-electron chi connectivity index (χ2n) is 12.0. The van der Waals surface area contributed by atoms with Crippen LogP contribution >= 0.6 is 0 Å². The average molecular weight is 637 g/mol. The van der Waals surface area contributed by atoms with E-state index in [9.17, 15) is 10.5 Å². The van der Waals surface area contributed by atoms with Crippen LogP contribution in [0.15, 0.2) is 170 Å². The molecule has 0 unspecified atom stereocenters. The molecule has 0 N–H and O–H groups in total. The van der Waals surface area contributed by atoms with Crippen molar-refractivity contribution in [2.45, 2.75) is 0 Å². The Morgan fingerprint density at radius 3 is 1.06 bits per heavy atom. The molecule has 50 heavy (non-hydrogen) atoms. The van der Waals surface area contributed by atoms with E-state index in [0.29, 0.717) is 11.1 Å². The fourth-order valence-corrected chi connectivity index (χ4v) is 6.76. The predicted octanol–water partition coefficient (Wildman–Crippen LogP) is 11.4. The standard InChI is InChI=1S/C46H28N4/c47-29-31-23-25-49-41(27-31)33-15-19-37(20-16-33)43-39-13-7-8-14-40(39)44(38-21-17-34(18-22-38)42-28-32(30-48)24-26-50-42)46(36-11-5-2-6-12-36)45(43)35-9-3-1-4-10-35/h1-28H. The molecule has 232 valence electrons. The third-order valence-corrected chi connectivity index (χ3v) is 9.06. The van der Waals surface area contributed by atoms with E-state index >= 15 is 0 Å². The summed E-state index contributed by atoms with van der Waals surface area (Å²) in [5.41, 5.74) is 13.6. The molecule has 6 aromatic carbocycles. The molecular formula is C46H28N4. The van der Waals surface area contributed by atoms with Gasteiger partial charge in [0.05, 0.1) is 34.7 Å². The number of aromatic nitrogens is 2. The van der Waals surface area contributed by atoms with Gasteiger partial charge in [0.15, 0.2) is 0 Å². The summed E-state index contributed by atoms with van der Waals surface area (Å²) in [6.07, 6.45) is 3.36. The van der Waals surface area contributed by atoms with Crippen molar-refractivity contribution < 1.29 is 0 Å². The lowest BCUT2D eigenvalue weighted by atomic mass is 9.79. The maximum absolute atomic E-state index is 9.46. The normalized spacial score (nSPS) is 10.8. The van der Waals surface area contributed by atoms with Gasteiger partial charge in [-0.3, -0.25) is 9.97 Å². The summed E-state index contributed by atoms with van der Waals surface area (Å²) in [4.78, 5) is 9.08. The first-order chi connectivity index (χ1) is 24.7. The van der Waals surface area contributed by atoms with Crippen LogP contribution in [0.2, 0.25) is 0 Å². The van der Waals surface area contributed by atoms with E-state index in [1.165, 1.54) is 0 Å². The summed E-state index contributed by atoms with van der Waals surface area (Å²) in [6, 6.07) is 58.4. The molecule has 4 nitrogen and oxygen atoms in total. The maximum Gasteiger partial charge on any atom is 0.0992 e. The van der Waals surface area contributed by atoms with Gasteiger partial charge in [0.2, 0.25) is 0 Å². The predicted molar refractivity (Wildman–Crippen MR) is 202 cm³/mol. The maximum atomic E-state index is 9.46. The molecule has 8 aromatic rings. The molecule has 2 aromatic heterocycles. The number of pyridine rings is 2. The highest BCUT2D eigenvalue weighted by Gasteiger charge is 2.24. The summed E-state index contributed by atoms with van der Waals surface area (Å²) in [6.45, 7) is 0. The minimum Gasteiger partial charge on any atom is -0.256 e. The van der Waals surface area contributed by atoms with E-state index in [2.05, 4.69) is 156 Å². The Kier molecular flexibility index (Phi) is 7.95. The van der Waals surface area contributed by atoms with Gasteiger partial charge in [0.25, 0.3) is 0 Å². The Hall–Kier alpha value is -7.14. The third kappa shape index (κ3) is 5.58. The Morgan fingerprint density at radius 2 is 0.680 bits per heavy atom. The summed E-state index contributed by atoms with van der Waals surface area (Å²) in [5, 5.41) is 21.2. The van der Waals surface area contributed by atoms with Crippen LogP contribution in [-0.4, -0.2) is 9.97 Å². The first kappa shape index (κ1) is 30.2. The summed E-state index contributed by atoms with van der Waals surface area (Å²) < 4.78 is 0. The number of benzene rings is 6. The molecular weight excluding hydrogens is 609 g/mol. The molecule has 8 rings (SSSR count). The molecule has 0 radical (unpaired) electrons. The number of hydrogen-bond donors (Lipinski definition) is 0. The molecule has 0 amide bonds. The Balaban J connectivity index is 1.41. The molecule has 0 aliphatic heterocycles. The topological polar surface area (TPSA) is 73.4 Å². The number of rotatable bonds is 6. The summed E-state index contributed by atoms with van der Waals surface area (Å²) >= 11 is 0. The van der Waals surface area contributed by atoms with E-state index in [4.69, 9.17) is 0 Å². The molecule has 0 atom stereocenters. The van der Waals surface area contributed by atoms with Crippen molar-refractivity contribution in [2.24, 2.45) is 0 Å². The molecule has 0 bridgehead atoms. The zero-order valence-corrected chi connectivity index (χ0v) is 27.0. The second kappa shape index (κ2) is 13.2. The largest absolute Gasteiger partial charge is 0.256 e. The molecule has 2 heterocycles. The van der Waals surface area contributed by atoms with Crippen molar-refractivity contribution in [3.63, 3.8) is 0 Å². The minimum atomic E-state index is 0.583. The fraction of sp³-hybridized carbons (Fsp3) is 0. The average Bonchev–Trinajstić information content (AvgIpc) is 3.20. The van der Waals surface area contributed by atoms with Crippen molar-refractivity contribution in [1.82, 2.24) is 9.97 Å². The van der Waals surface area contributed by atoms with E-state index < -0.39 is 0 Å². The fourth-order valence-electron chi connectivity index (χ4n) is 6.76. The van der Waals surface area contributed by atoms with Gasteiger partial charge < -0.3 is 0 Å². The summed E-state index contributed by atoms with van der Waals surface area (Å²) in [5.74, 6) is 0. The van der Waals surface area contributed by atoms with Crippen LogP contribution in [0.4, 0.5) is 0 Å². The van der Waals surface area contributed by atoms with Crippen LogP contribution in [0.3, 0.4) is 0 Å². The van der Waals surface area contributed by atoms with Crippen LogP contribution in [0.25, 0.3) is 77.8 Å². The van der Waals surface area contributed by atoms with Crippen LogP contribution in [0.5, 0.6) is 0 Å². The molecule has 0 saturated carbocycles. The van der Waals surface area contributed by atoms with Gasteiger partial charge >= 0.3 is 0 Å². The molecule has 4 heteroatoms. The zero-order chi connectivity index (χ0) is 33.9. The lowest BCUT2D eigenvalue weighted by Gasteiger charge is -2.24. The quantitative estimate of drug-likeness (QED) is 0.182. The Bertz CT molecular complexity index is 2390. The highest BCUT2D eigenvalue weighted by molar-refractivity contribution is 6.18. The van der Waals surface area contributed by atoms with E-state index in [1.54, 1.807) is 24.5 Å². The van der Waals surface area contributed by atoms with Crippen molar-refractivity contribution in [1.29, 1.82) is 10.5 Å². The second-order valence-corrected chi connectivity index (χ2v) is 12.0. The Labute approximate surface area is 290 Å². The first-order valence-electron chi connectivity index (χ1n) is 16.4. The molecule has 0 aliphatic rings. The summed E-state index contributed by atoms with van der Waals surface area (Å²) in [7, 11) is 0. The molecule has 0 saturated heterocycles. The highest BCUT2D eigenvalue weighted by atomic mass is 14.7. The number of fused-ring (bicyclic) bond motifs is 1. The lowest BCUT2D eigenvalue weighted by Crippen LogP contribution is -1.97. The van der Waals surface area contributed by atoms with Crippen molar-refractivity contribution >= 4 is 10.8 Å². The Morgan fingerprint density at radius 1 is 0.340 bits per heavy atom. The number of nitriles is 2. The van der Waals surface area contributed by atoms with Gasteiger partial charge in [-0.1, -0.05) is 133 Å². The number of nitrogens with zero attached hydrogens (tertiary/aromatic N) is 4. The van der Waals surface area contributed by atoms with Gasteiger partial charge in [-0.15, -0.1) is 0 Å². The van der Waals surface area contributed by atoms with E-state index in [0.717, 1.165) is 77.8 Å². The van der Waals surface area contributed by atoms with E-state index in [-0.39, 0.29) is 0 Å². The van der Waals surface area contributed by atoms with Gasteiger partial charge in [-0.2, -0.15) is 10.5 Å². The number of hydrogen-bond acceptors (Lipinski definition) is 4. The van der Waals surface area contributed by atoms with Gasteiger partial charge in [-0.05, 0) is 79.5 Å². The van der Waals surface area contributed by atoms with Gasteiger partial charge in [-0.25, -0.2) is 0 Å². The van der Waals surface area contributed by atoms with Gasteiger partial charge in [0.1, 0.15) is 0 Å². The zero-order valence-electron chi connectivity index (χ0n) is 27.0. The van der Waals surface area contributed by atoms with Crippen molar-refractivity contribution in [2.75, 3.05) is 0 Å². The van der Waals surface area contributed by atoms with Crippen LogP contribution in [0, 0.1) is 22.7 Å². The third-order valence-electron chi connectivity index (χ3n) is 9.06. The van der Waals surface area contributed by atoms with Crippen LogP contribution in [0.1, 0.15) is 11.1 Å². The SMILES string of the molecule is N#Cc1ccnc(-c2ccc(-c3c(-c4ccccc4)c(-c4ccccc4)c(-c4ccc(-c5cc(C#N)ccn5)cc4)c4ccccc34)cc2)c1. The smallest absolute Gasteiger partial charge is 0.0992 e. The minimum absolute atomic E-state index is 0.583. The van der Waals surface area contributed by atoms with E-state index in [1.807, 2.05) is 12.1 Å². The molecule has 0 aliphatic carbocycles. The molecule has 0 fully saturated rings.